The Morgan fingerprint density at radius 2 is 2.00 bits per heavy atom. The minimum absolute atomic E-state index is 0.0445. The number of nitrogens with one attached hydrogen (secondary N) is 1. The highest BCUT2D eigenvalue weighted by molar-refractivity contribution is 5.93. The normalized spacial score (nSPS) is 10.8. The Labute approximate surface area is 170 Å². The third kappa shape index (κ3) is 4.29. The molecule has 0 bridgehead atoms. The molecule has 29 heavy (non-hydrogen) atoms. The summed E-state index contributed by atoms with van der Waals surface area (Å²) >= 11 is 0. The Morgan fingerprint density at radius 1 is 1.10 bits per heavy atom. The molecule has 0 unspecified atom stereocenters. The van der Waals surface area contributed by atoms with Crippen molar-refractivity contribution in [3.63, 3.8) is 0 Å². The van der Waals surface area contributed by atoms with Crippen LogP contribution in [0.2, 0.25) is 0 Å². The highest BCUT2D eigenvalue weighted by Crippen LogP contribution is 2.30. The summed E-state index contributed by atoms with van der Waals surface area (Å²) in [4.78, 5) is 17.2. The average Bonchev–Trinajstić information content (AvgIpc) is 3.17. The van der Waals surface area contributed by atoms with Crippen LogP contribution < -0.4 is 10.1 Å². The van der Waals surface area contributed by atoms with Crippen molar-refractivity contribution in [2.45, 2.75) is 19.8 Å². The Balaban J connectivity index is 1.52. The van der Waals surface area contributed by atoms with E-state index in [0.29, 0.717) is 24.3 Å². The van der Waals surface area contributed by atoms with Crippen LogP contribution in [0.15, 0.2) is 73.1 Å². The zero-order chi connectivity index (χ0) is 20.2. The summed E-state index contributed by atoms with van der Waals surface area (Å²) < 4.78 is 7.41. The number of benzene rings is 2. The standard InChI is InChI=1S/C24H23N3O2/c1-17-6-5-7-18(14-17)9-12-24(28)26-20-15-19(10-11-22(20)29-2)21-16-27-13-4-3-8-23(27)25-21/h3-8,10-11,13-16H,9,12H2,1-2H3,(H,26,28). The number of methoxy groups -OCH3 is 1. The number of fused-ring (bicyclic) bond motifs is 1. The van der Waals surface area contributed by atoms with Crippen molar-refractivity contribution in [2.75, 3.05) is 12.4 Å². The fourth-order valence-corrected chi connectivity index (χ4v) is 3.38. The van der Waals surface area contributed by atoms with Gasteiger partial charge in [0.05, 0.1) is 18.5 Å². The molecule has 4 aromatic rings. The van der Waals surface area contributed by atoms with Crippen molar-refractivity contribution in [3.05, 3.63) is 84.2 Å². The quantitative estimate of drug-likeness (QED) is 0.514. The lowest BCUT2D eigenvalue weighted by atomic mass is 10.1. The maximum Gasteiger partial charge on any atom is 0.224 e. The molecule has 2 heterocycles. The average molecular weight is 385 g/mol. The van der Waals surface area contributed by atoms with Gasteiger partial charge >= 0.3 is 0 Å². The first kappa shape index (κ1) is 18.7. The predicted molar refractivity (Wildman–Crippen MR) is 115 cm³/mol. The third-order valence-corrected chi connectivity index (χ3v) is 4.86. The van der Waals surface area contributed by atoms with Crippen LogP contribution in [0.3, 0.4) is 0 Å². The molecule has 0 saturated heterocycles. The predicted octanol–water partition coefficient (Wildman–Crippen LogP) is 4.89. The lowest BCUT2D eigenvalue weighted by Crippen LogP contribution is -2.13. The van der Waals surface area contributed by atoms with E-state index in [1.807, 2.05) is 65.3 Å². The molecule has 1 N–H and O–H groups in total. The van der Waals surface area contributed by atoms with E-state index in [1.165, 1.54) is 5.56 Å². The second-order valence-corrected chi connectivity index (χ2v) is 7.04. The molecule has 1 amide bonds. The van der Waals surface area contributed by atoms with Crippen LogP contribution in [0.4, 0.5) is 5.69 Å². The van der Waals surface area contributed by atoms with Gasteiger partial charge in [-0.1, -0.05) is 35.9 Å². The van der Waals surface area contributed by atoms with E-state index in [1.54, 1.807) is 7.11 Å². The topological polar surface area (TPSA) is 55.6 Å². The SMILES string of the molecule is COc1ccc(-c2cn3ccccc3n2)cc1NC(=O)CCc1cccc(C)c1. The number of anilines is 1. The van der Waals surface area contributed by atoms with Gasteiger partial charge in [0.15, 0.2) is 0 Å². The number of carbonyl (C=O) groups excluding carboxylic acids is 1. The summed E-state index contributed by atoms with van der Waals surface area (Å²) in [6, 6.07) is 19.8. The van der Waals surface area contributed by atoms with Gasteiger partial charge in [-0.05, 0) is 49.2 Å². The summed E-state index contributed by atoms with van der Waals surface area (Å²) in [5.41, 5.74) is 5.64. The summed E-state index contributed by atoms with van der Waals surface area (Å²) in [6.45, 7) is 2.05. The van der Waals surface area contributed by atoms with E-state index >= 15 is 0 Å². The first-order valence-corrected chi connectivity index (χ1v) is 9.60. The molecule has 0 atom stereocenters. The number of pyridine rings is 1. The van der Waals surface area contributed by atoms with E-state index in [-0.39, 0.29) is 5.91 Å². The van der Waals surface area contributed by atoms with Crippen molar-refractivity contribution < 1.29 is 9.53 Å². The number of rotatable bonds is 6. The summed E-state index contributed by atoms with van der Waals surface area (Å²) in [5, 5.41) is 2.99. The van der Waals surface area contributed by atoms with Gasteiger partial charge in [0.1, 0.15) is 11.4 Å². The maximum atomic E-state index is 12.5. The highest BCUT2D eigenvalue weighted by atomic mass is 16.5. The fourth-order valence-electron chi connectivity index (χ4n) is 3.38. The van der Waals surface area contributed by atoms with Gasteiger partial charge in [0, 0.05) is 24.4 Å². The lowest BCUT2D eigenvalue weighted by Gasteiger charge is -2.12. The van der Waals surface area contributed by atoms with Crippen LogP contribution >= 0.6 is 0 Å². The molecule has 0 fully saturated rings. The smallest absolute Gasteiger partial charge is 0.224 e. The van der Waals surface area contributed by atoms with E-state index in [2.05, 4.69) is 29.4 Å². The largest absolute Gasteiger partial charge is 0.495 e. The number of amides is 1. The van der Waals surface area contributed by atoms with Gasteiger partial charge in [0.2, 0.25) is 5.91 Å². The van der Waals surface area contributed by atoms with E-state index < -0.39 is 0 Å². The van der Waals surface area contributed by atoms with Crippen molar-refractivity contribution in [2.24, 2.45) is 0 Å². The van der Waals surface area contributed by atoms with Crippen molar-refractivity contribution >= 4 is 17.2 Å². The number of carbonyl (C=O) groups is 1. The molecule has 0 spiro atoms. The fraction of sp³-hybridized carbons (Fsp3) is 0.167. The number of hydrogen-bond acceptors (Lipinski definition) is 3. The van der Waals surface area contributed by atoms with Crippen LogP contribution in [0.1, 0.15) is 17.5 Å². The number of imidazole rings is 1. The van der Waals surface area contributed by atoms with Crippen molar-refractivity contribution in [3.8, 4) is 17.0 Å². The first-order chi connectivity index (χ1) is 14.1. The van der Waals surface area contributed by atoms with Gasteiger partial charge in [-0.2, -0.15) is 0 Å². The Morgan fingerprint density at radius 3 is 2.79 bits per heavy atom. The molecule has 0 aliphatic rings. The van der Waals surface area contributed by atoms with E-state index in [4.69, 9.17) is 4.74 Å². The molecule has 4 rings (SSSR count). The van der Waals surface area contributed by atoms with Crippen LogP contribution in [-0.4, -0.2) is 22.4 Å². The molecule has 0 aliphatic carbocycles. The summed E-state index contributed by atoms with van der Waals surface area (Å²) in [6.07, 6.45) is 5.04. The second kappa shape index (κ2) is 8.19. The highest BCUT2D eigenvalue weighted by Gasteiger charge is 2.12. The second-order valence-electron chi connectivity index (χ2n) is 7.04. The molecule has 2 aromatic heterocycles. The van der Waals surface area contributed by atoms with Crippen LogP contribution in [-0.2, 0) is 11.2 Å². The van der Waals surface area contributed by atoms with Crippen LogP contribution in [0.5, 0.6) is 5.75 Å². The molecule has 0 aliphatic heterocycles. The molecular formula is C24H23N3O2. The monoisotopic (exact) mass is 385 g/mol. The number of ether oxygens (including phenoxy) is 1. The zero-order valence-electron chi connectivity index (χ0n) is 16.6. The number of hydrogen-bond donors (Lipinski definition) is 1. The molecule has 2 aromatic carbocycles. The van der Waals surface area contributed by atoms with Crippen LogP contribution in [0, 0.1) is 6.92 Å². The minimum Gasteiger partial charge on any atom is -0.495 e. The molecular weight excluding hydrogens is 362 g/mol. The summed E-state index contributed by atoms with van der Waals surface area (Å²) in [7, 11) is 1.60. The number of aromatic nitrogens is 2. The third-order valence-electron chi connectivity index (χ3n) is 4.86. The minimum atomic E-state index is -0.0445. The zero-order valence-corrected chi connectivity index (χ0v) is 16.6. The van der Waals surface area contributed by atoms with Crippen molar-refractivity contribution in [1.29, 1.82) is 0 Å². The summed E-state index contributed by atoms with van der Waals surface area (Å²) in [5.74, 6) is 0.582. The molecule has 5 nitrogen and oxygen atoms in total. The van der Waals surface area contributed by atoms with Gasteiger partial charge in [0.25, 0.3) is 0 Å². The van der Waals surface area contributed by atoms with E-state index in [9.17, 15) is 4.79 Å². The Kier molecular flexibility index (Phi) is 5.29. The first-order valence-electron chi connectivity index (χ1n) is 9.60. The van der Waals surface area contributed by atoms with Crippen molar-refractivity contribution in [1.82, 2.24) is 9.38 Å². The number of aryl methyl sites for hydroxylation is 2. The number of nitrogens with zero attached hydrogens (tertiary/aromatic N) is 2. The molecule has 0 radical (unpaired) electrons. The van der Waals surface area contributed by atoms with E-state index in [0.717, 1.165) is 22.5 Å². The van der Waals surface area contributed by atoms with Gasteiger partial charge in [-0.25, -0.2) is 4.98 Å². The van der Waals surface area contributed by atoms with Gasteiger partial charge in [-0.3, -0.25) is 4.79 Å². The molecule has 146 valence electrons. The van der Waals surface area contributed by atoms with Gasteiger partial charge in [-0.15, -0.1) is 0 Å². The lowest BCUT2D eigenvalue weighted by molar-refractivity contribution is -0.116. The Hall–Kier alpha value is -3.60. The van der Waals surface area contributed by atoms with Gasteiger partial charge < -0.3 is 14.5 Å². The maximum absolute atomic E-state index is 12.5. The molecule has 0 saturated carbocycles. The van der Waals surface area contributed by atoms with Crippen LogP contribution in [0.25, 0.3) is 16.9 Å². The Bertz CT molecular complexity index is 1130. The molecule has 5 heteroatoms.